The van der Waals surface area contributed by atoms with E-state index in [-0.39, 0.29) is 0 Å². The third-order valence-electron chi connectivity index (χ3n) is 4.71. The van der Waals surface area contributed by atoms with Crippen LogP contribution in [0.25, 0.3) is 0 Å². The Labute approximate surface area is 131 Å². The molecule has 114 valence electrons. The molecule has 2 aliphatic rings. The van der Waals surface area contributed by atoms with E-state index in [0.717, 1.165) is 24.7 Å². The fraction of sp³-hybridized carbons (Fsp3) is 0.588. The highest BCUT2D eigenvalue weighted by molar-refractivity contribution is 6.30. The fourth-order valence-corrected chi connectivity index (χ4v) is 3.43. The Balaban J connectivity index is 1.33. The van der Waals surface area contributed by atoms with Gasteiger partial charge in [-0.1, -0.05) is 23.7 Å². The van der Waals surface area contributed by atoms with Gasteiger partial charge < -0.3 is 10.2 Å². The highest BCUT2D eigenvalue weighted by atomic mass is 35.5. The molecule has 1 saturated carbocycles. The number of hydrogen-bond donors (Lipinski definition) is 1. The smallest absolute Gasteiger partial charge is 0.223 e. The van der Waals surface area contributed by atoms with Crippen LogP contribution in [0.2, 0.25) is 5.02 Å². The SMILES string of the molecule is O=C(CCNC1CC(c2ccc(Cl)cc2)C1)N1CCCC1. The first-order chi connectivity index (χ1) is 10.2. The maximum atomic E-state index is 11.9. The fourth-order valence-electron chi connectivity index (χ4n) is 3.30. The highest BCUT2D eigenvalue weighted by Gasteiger charge is 2.29. The van der Waals surface area contributed by atoms with Crippen LogP contribution >= 0.6 is 11.6 Å². The maximum Gasteiger partial charge on any atom is 0.223 e. The second-order valence-electron chi connectivity index (χ2n) is 6.21. The number of amides is 1. The van der Waals surface area contributed by atoms with Gasteiger partial charge in [0.1, 0.15) is 0 Å². The number of nitrogens with one attached hydrogen (secondary N) is 1. The molecule has 1 saturated heterocycles. The summed E-state index contributed by atoms with van der Waals surface area (Å²) in [5.41, 5.74) is 1.38. The van der Waals surface area contributed by atoms with E-state index >= 15 is 0 Å². The number of likely N-dealkylation sites (tertiary alicyclic amines) is 1. The van der Waals surface area contributed by atoms with Crippen LogP contribution in [0.5, 0.6) is 0 Å². The van der Waals surface area contributed by atoms with E-state index in [9.17, 15) is 4.79 Å². The lowest BCUT2D eigenvalue weighted by molar-refractivity contribution is -0.130. The van der Waals surface area contributed by atoms with Crippen LogP contribution in [-0.4, -0.2) is 36.5 Å². The van der Waals surface area contributed by atoms with E-state index in [1.54, 1.807) is 0 Å². The van der Waals surface area contributed by atoms with E-state index in [4.69, 9.17) is 11.6 Å². The lowest BCUT2D eigenvalue weighted by Crippen LogP contribution is -2.41. The van der Waals surface area contributed by atoms with Crippen LogP contribution in [0.4, 0.5) is 0 Å². The van der Waals surface area contributed by atoms with Gasteiger partial charge in [0.15, 0.2) is 0 Å². The van der Waals surface area contributed by atoms with Crippen molar-refractivity contribution in [2.24, 2.45) is 0 Å². The van der Waals surface area contributed by atoms with Gasteiger partial charge in [0.05, 0.1) is 0 Å². The van der Waals surface area contributed by atoms with Gasteiger partial charge in [-0.25, -0.2) is 0 Å². The number of hydrogen-bond acceptors (Lipinski definition) is 2. The molecule has 0 bridgehead atoms. The van der Waals surface area contributed by atoms with Crippen LogP contribution in [0.15, 0.2) is 24.3 Å². The van der Waals surface area contributed by atoms with Gasteiger partial charge in [0.2, 0.25) is 5.91 Å². The lowest BCUT2D eigenvalue weighted by Gasteiger charge is -2.36. The Morgan fingerprint density at radius 1 is 1.19 bits per heavy atom. The monoisotopic (exact) mass is 306 g/mol. The summed E-state index contributed by atoms with van der Waals surface area (Å²) in [6.07, 6.45) is 5.32. The standard InChI is InChI=1S/C17H23ClN2O/c18-15-5-3-13(4-6-15)14-11-16(12-14)19-8-7-17(21)20-9-1-2-10-20/h3-6,14,16,19H,1-2,7-12H2. The second-order valence-corrected chi connectivity index (χ2v) is 6.65. The van der Waals surface area contributed by atoms with Crippen LogP contribution in [0.1, 0.15) is 43.6 Å². The summed E-state index contributed by atoms with van der Waals surface area (Å²) in [5, 5.41) is 4.31. The number of halogens is 1. The van der Waals surface area contributed by atoms with Crippen molar-refractivity contribution in [1.82, 2.24) is 10.2 Å². The molecule has 0 atom stereocenters. The topological polar surface area (TPSA) is 32.3 Å². The molecule has 1 aromatic carbocycles. The molecule has 0 spiro atoms. The number of carbonyl (C=O) groups excluding carboxylic acids is 1. The predicted molar refractivity (Wildman–Crippen MR) is 85.6 cm³/mol. The molecule has 4 heteroatoms. The third-order valence-corrected chi connectivity index (χ3v) is 4.96. The number of nitrogens with zero attached hydrogens (tertiary/aromatic N) is 1. The van der Waals surface area contributed by atoms with Gasteiger partial charge in [0.25, 0.3) is 0 Å². The molecule has 2 fully saturated rings. The van der Waals surface area contributed by atoms with E-state index in [1.807, 2.05) is 17.0 Å². The summed E-state index contributed by atoms with van der Waals surface area (Å²) in [6, 6.07) is 8.75. The van der Waals surface area contributed by atoms with Crippen molar-refractivity contribution in [3.8, 4) is 0 Å². The first-order valence-corrected chi connectivity index (χ1v) is 8.37. The summed E-state index contributed by atoms with van der Waals surface area (Å²) in [7, 11) is 0. The minimum absolute atomic E-state index is 0.313. The highest BCUT2D eigenvalue weighted by Crippen LogP contribution is 2.37. The third kappa shape index (κ3) is 3.78. The van der Waals surface area contributed by atoms with Crippen molar-refractivity contribution in [2.75, 3.05) is 19.6 Å². The minimum Gasteiger partial charge on any atom is -0.343 e. The number of benzene rings is 1. The molecule has 3 nitrogen and oxygen atoms in total. The molecule has 1 aliphatic heterocycles. The zero-order valence-electron chi connectivity index (χ0n) is 12.4. The Morgan fingerprint density at radius 3 is 2.52 bits per heavy atom. The van der Waals surface area contributed by atoms with E-state index in [0.29, 0.717) is 24.3 Å². The van der Waals surface area contributed by atoms with Gasteiger partial charge in [-0.15, -0.1) is 0 Å². The van der Waals surface area contributed by atoms with E-state index in [1.165, 1.54) is 31.2 Å². The summed E-state index contributed by atoms with van der Waals surface area (Å²) in [4.78, 5) is 13.9. The molecule has 21 heavy (non-hydrogen) atoms. The lowest BCUT2D eigenvalue weighted by atomic mass is 9.76. The second kappa shape index (κ2) is 6.80. The van der Waals surface area contributed by atoms with Crippen molar-refractivity contribution in [3.63, 3.8) is 0 Å². The van der Waals surface area contributed by atoms with Crippen molar-refractivity contribution >= 4 is 17.5 Å². The van der Waals surface area contributed by atoms with Crippen molar-refractivity contribution in [1.29, 1.82) is 0 Å². The average Bonchev–Trinajstić information content (AvgIpc) is 2.97. The molecule has 0 radical (unpaired) electrons. The molecule has 0 aromatic heterocycles. The Morgan fingerprint density at radius 2 is 1.86 bits per heavy atom. The summed E-state index contributed by atoms with van der Waals surface area (Å²) in [6.45, 7) is 2.73. The van der Waals surface area contributed by atoms with Crippen LogP contribution in [0, 0.1) is 0 Å². The van der Waals surface area contributed by atoms with Crippen LogP contribution in [-0.2, 0) is 4.79 Å². The summed E-state index contributed by atoms with van der Waals surface area (Å²) < 4.78 is 0. The Bertz CT molecular complexity index is 476. The van der Waals surface area contributed by atoms with Crippen LogP contribution in [0.3, 0.4) is 0 Å². The molecule has 1 amide bonds. The van der Waals surface area contributed by atoms with E-state index < -0.39 is 0 Å². The van der Waals surface area contributed by atoms with Crippen LogP contribution < -0.4 is 5.32 Å². The van der Waals surface area contributed by atoms with Gasteiger partial charge >= 0.3 is 0 Å². The molecule has 1 aromatic rings. The Kier molecular flexibility index (Phi) is 4.81. The maximum absolute atomic E-state index is 11.9. The molecule has 1 heterocycles. The predicted octanol–water partition coefficient (Wildman–Crippen LogP) is 3.19. The minimum atomic E-state index is 0.313. The zero-order chi connectivity index (χ0) is 14.7. The van der Waals surface area contributed by atoms with Gasteiger partial charge in [0, 0.05) is 37.1 Å². The van der Waals surface area contributed by atoms with Gasteiger partial charge in [-0.2, -0.15) is 0 Å². The van der Waals surface area contributed by atoms with Crippen molar-refractivity contribution < 1.29 is 4.79 Å². The number of rotatable bonds is 5. The van der Waals surface area contributed by atoms with Gasteiger partial charge in [-0.05, 0) is 49.3 Å². The summed E-state index contributed by atoms with van der Waals surface area (Å²) >= 11 is 5.91. The van der Waals surface area contributed by atoms with Crippen molar-refractivity contribution in [3.05, 3.63) is 34.9 Å². The first kappa shape index (κ1) is 14.9. The normalized spacial score (nSPS) is 24.9. The molecule has 1 aliphatic carbocycles. The molecule has 1 N–H and O–H groups in total. The molecular weight excluding hydrogens is 284 g/mol. The average molecular weight is 307 g/mol. The quantitative estimate of drug-likeness (QED) is 0.906. The number of carbonyl (C=O) groups is 1. The van der Waals surface area contributed by atoms with Crippen molar-refractivity contribution in [2.45, 2.75) is 44.1 Å². The zero-order valence-corrected chi connectivity index (χ0v) is 13.1. The Hall–Kier alpha value is -1.06. The first-order valence-electron chi connectivity index (χ1n) is 7.99. The summed E-state index contributed by atoms with van der Waals surface area (Å²) in [5.74, 6) is 0.961. The molecule has 3 rings (SSSR count). The van der Waals surface area contributed by atoms with E-state index in [2.05, 4.69) is 17.4 Å². The largest absolute Gasteiger partial charge is 0.343 e. The molecule has 0 unspecified atom stereocenters. The molecular formula is C17H23ClN2O. The van der Waals surface area contributed by atoms with Gasteiger partial charge in [-0.3, -0.25) is 4.79 Å².